The van der Waals surface area contributed by atoms with Crippen LogP contribution < -0.4 is 5.32 Å². The molecule has 1 nitrogen and oxygen atoms in total. The van der Waals surface area contributed by atoms with Gasteiger partial charge in [-0.1, -0.05) is 19.1 Å². The summed E-state index contributed by atoms with van der Waals surface area (Å²) < 4.78 is 75.3. The lowest BCUT2D eigenvalue weighted by Gasteiger charge is -2.21. The molecular formula is C13H15F6N. The molecule has 1 atom stereocenters. The largest absolute Gasteiger partial charge is 0.416 e. The van der Waals surface area contributed by atoms with Gasteiger partial charge in [0.2, 0.25) is 0 Å². The molecule has 0 heterocycles. The van der Waals surface area contributed by atoms with Crippen molar-refractivity contribution in [3.8, 4) is 0 Å². The fraction of sp³-hybridized carbons (Fsp3) is 0.538. The Morgan fingerprint density at radius 1 is 1.00 bits per heavy atom. The van der Waals surface area contributed by atoms with Gasteiger partial charge in [0.25, 0.3) is 0 Å². The molecule has 0 aromatic heterocycles. The maximum atomic E-state index is 12.8. The van der Waals surface area contributed by atoms with Crippen LogP contribution in [0.25, 0.3) is 0 Å². The molecule has 1 aromatic carbocycles. The second-order valence-electron chi connectivity index (χ2n) is 4.45. The first-order valence-corrected chi connectivity index (χ1v) is 6.11. The summed E-state index contributed by atoms with van der Waals surface area (Å²) in [5.74, 6) is 0. The Hall–Kier alpha value is -1.24. The lowest BCUT2D eigenvalue weighted by atomic mass is 10.0. The molecule has 0 saturated heterocycles. The average molecular weight is 299 g/mol. The number of hydrogen-bond acceptors (Lipinski definition) is 1. The molecule has 0 aliphatic heterocycles. The first kappa shape index (κ1) is 16.8. The Bertz CT molecular complexity index is 406. The van der Waals surface area contributed by atoms with E-state index in [0.717, 1.165) is 24.3 Å². The van der Waals surface area contributed by atoms with Crippen LogP contribution in [-0.4, -0.2) is 18.8 Å². The van der Waals surface area contributed by atoms with Crippen LogP contribution in [0.3, 0.4) is 0 Å². The zero-order valence-corrected chi connectivity index (χ0v) is 10.8. The van der Waals surface area contributed by atoms with Gasteiger partial charge in [-0.05, 0) is 37.1 Å². The Labute approximate surface area is 113 Å². The zero-order chi connectivity index (χ0) is 15.4. The summed E-state index contributed by atoms with van der Waals surface area (Å²) in [6, 6.07) is 1.99. The monoisotopic (exact) mass is 299 g/mol. The minimum absolute atomic E-state index is 0.199. The summed E-state index contributed by atoms with van der Waals surface area (Å²) >= 11 is 0. The smallest absolute Gasteiger partial charge is 0.306 e. The van der Waals surface area contributed by atoms with Crippen molar-refractivity contribution in [2.45, 2.75) is 38.2 Å². The predicted molar refractivity (Wildman–Crippen MR) is 63.3 cm³/mol. The second kappa shape index (κ2) is 6.47. The summed E-state index contributed by atoms with van der Waals surface area (Å²) in [6.45, 7) is 1.93. The number of rotatable bonds is 5. The standard InChI is InChI=1S/C13H15F6N/c1-2-7-20-11(13(17,18)19)8-9-3-5-10(6-4-9)12(14,15)16/h3-6,11,20H,2,7-8H2,1H3. The normalized spacial score (nSPS) is 14.3. The molecule has 0 bridgehead atoms. The number of nitrogens with one attached hydrogen (secondary N) is 1. The minimum Gasteiger partial charge on any atom is -0.306 e. The van der Waals surface area contributed by atoms with E-state index in [-0.39, 0.29) is 18.5 Å². The van der Waals surface area contributed by atoms with Crippen molar-refractivity contribution in [3.05, 3.63) is 35.4 Å². The molecule has 20 heavy (non-hydrogen) atoms. The van der Waals surface area contributed by atoms with Crippen molar-refractivity contribution >= 4 is 0 Å². The number of benzene rings is 1. The molecule has 0 saturated carbocycles. The summed E-state index contributed by atoms with van der Waals surface area (Å²) in [5, 5.41) is 2.36. The van der Waals surface area contributed by atoms with E-state index >= 15 is 0 Å². The first-order chi connectivity index (χ1) is 9.14. The maximum absolute atomic E-state index is 12.8. The van der Waals surface area contributed by atoms with Crippen molar-refractivity contribution < 1.29 is 26.3 Å². The van der Waals surface area contributed by atoms with E-state index in [1.807, 2.05) is 0 Å². The Morgan fingerprint density at radius 3 is 1.95 bits per heavy atom. The summed E-state index contributed by atoms with van der Waals surface area (Å²) in [4.78, 5) is 0. The van der Waals surface area contributed by atoms with E-state index in [1.54, 1.807) is 6.92 Å². The molecule has 1 rings (SSSR count). The number of alkyl halides is 6. The molecule has 0 amide bonds. The molecule has 7 heteroatoms. The molecule has 114 valence electrons. The van der Waals surface area contributed by atoms with Gasteiger partial charge in [0, 0.05) is 0 Å². The molecule has 0 aliphatic carbocycles. The van der Waals surface area contributed by atoms with Gasteiger partial charge in [0.15, 0.2) is 0 Å². The quantitative estimate of drug-likeness (QED) is 0.804. The van der Waals surface area contributed by atoms with Crippen LogP contribution in [0.15, 0.2) is 24.3 Å². The zero-order valence-electron chi connectivity index (χ0n) is 10.8. The van der Waals surface area contributed by atoms with E-state index in [2.05, 4.69) is 5.32 Å². The highest BCUT2D eigenvalue weighted by atomic mass is 19.4. The van der Waals surface area contributed by atoms with Crippen molar-refractivity contribution in [2.24, 2.45) is 0 Å². The maximum Gasteiger partial charge on any atom is 0.416 e. The van der Waals surface area contributed by atoms with Gasteiger partial charge in [-0.25, -0.2) is 0 Å². The molecule has 1 aromatic rings. The minimum atomic E-state index is -4.48. The highest BCUT2D eigenvalue weighted by Gasteiger charge is 2.39. The van der Waals surface area contributed by atoms with Crippen LogP contribution in [0.4, 0.5) is 26.3 Å². The van der Waals surface area contributed by atoms with Gasteiger partial charge in [-0.2, -0.15) is 26.3 Å². The average Bonchev–Trinajstić information content (AvgIpc) is 2.32. The van der Waals surface area contributed by atoms with Crippen molar-refractivity contribution in [2.75, 3.05) is 6.54 Å². The fourth-order valence-corrected chi connectivity index (χ4v) is 1.69. The summed E-state index contributed by atoms with van der Waals surface area (Å²) in [7, 11) is 0. The van der Waals surface area contributed by atoms with Gasteiger partial charge < -0.3 is 5.32 Å². The van der Waals surface area contributed by atoms with Gasteiger partial charge in [0.05, 0.1) is 5.56 Å². The van der Waals surface area contributed by atoms with Crippen LogP contribution in [-0.2, 0) is 12.6 Å². The molecular weight excluding hydrogens is 284 g/mol. The van der Waals surface area contributed by atoms with Crippen LogP contribution in [0, 0.1) is 0 Å². The first-order valence-electron chi connectivity index (χ1n) is 6.11. The van der Waals surface area contributed by atoms with E-state index in [9.17, 15) is 26.3 Å². The predicted octanol–water partition coefficient (Wildman–Crippen LogP) is 4.18. The lowest BCUT2D eigenvalue weighted by Crippen LogP contribution is -2.44. The van der Waals surface area contributed by atoms with Crippen LogP contribution >= 0.6 is 0 Å². The van der Waals surface area contributed by atoms with Gasteiger partial charge >= 0.3 is 12.4 Å². The van der Waals surface area contributed by atoms with Crippen molar-refractivity contribution in [1.29, 1.82) is 0 Å². The third-order valence-corrected chi connectivity index (χ3v) is 2.76. The number of halogens is 6. The van der Waals surface area contributed by atoms with Crippen molar-refractivity contribution in [1.82, 2.24) is 5.32 Å². The van der Waals surface area contributed by atoms with Gasteiger partial charge in [-0.15, -0.1) is 0 Å². The van der Waals surface area contributed by atoms with Crippen molar-refractivity contribution in [3.63, 3.8) is 0 Å². The fourth-order valence-electron chi connectivity index (χ4n) is 1.69. The Balaban J connectivity index is 2.79. The Kier molecular flexibility index (Phi) is 5.44. The molecule has 0 spiro atoms. The number of hydrogen-bond donors (Lipinski definition) is 1. The summed E-state index contributed by atoms with van der Waals surface area (Å²) in [6.07, 6.45) is -8.76. The van der Waals surface area contributed by atoms with Crippen LogP contribution in [0.1, 0.15) is 24.5 Å². The topological polar surface area (TPSA) is 12.0 Å². The third kappa shape index (κ3) is 5.03. The second-order valence-corrected chi connectivity index (χ2v) is 4.45. The van der Waals surface area contributed by atoms with E-state index < -0.39 is 24.0 Å². The van der Waals surface area contributed by atoms with E-state index in [1.165, 1.54) is 0 Å². The van der Waals surface area contributed by atoms with Gasteiger partial charge in [0.1, 0.15) is 6.04 Å². The molecule has 0 aliphatic rings. The Morgan fingerprint density at radius 2 is 1.55 bits per heavy atom. The van der Waals surface area contributed by atoms with Gasteiger partial charge in [-0.3, -0.25) is 0 Å². The lowest BCUT2D eigenvalue weighted by molar-refractivity contribution is -0.155. The molecule has 0 fully saturated rings. The summed E-state index contributed by atoms with van der Waals surface area (Å²) in [5.41, 5.74) is -0.657. The SMILES string of the molecule is CCCNC(Cc1ccc(C(F)(F)F)cc1)C(F)(F)F. The highest BCUT2D eigenvalue weighted by molar-refractivity contribution is 5.25. The third-order valence-electron chi connectivity index (χ3n) is 2.76. The highest BCUT2D eigenvalue weighted by Crippen LogP contribution is 2.30. The van der Waals surface area contributed by atoms with Crippen LogP contribution in [0.2, 0.25) is 0 Å². The van der Waals surface area contributed by atoms with E-state index in [0.29, 0.717) is 6.42 Å². The van der Waals surface area contributed by atoms with E-state index in [4.69, 9.17) is 0 Å². The molecule has 1 N–H and O–H groups in total. The van der Waals surface area contributed by atoms with Crippen LogP contribution in [0.5, 0.6) is 0 Å². The molecule has 0 radical (unpaired) electrons. The molecule has 1 unspecified atom stereocenters.